The lowest BCUT2D eigenvalue weighted by Crippen LogP contribution is -2.38. The standard InChI is InChI=1S/C27H35N3O4/c1-6-29(7-2)14-15-30-24(20-10-12-28-13-11-20)23(26(32)27(30)33)25(31)22-9-8-21(16-19(22)5)34-17-18(3)4/h8-13,16,18,24,31H,6-7,14-15,17H2,1-5H3/b25-23+/t24-/m1/s1. The first kappa shape index (κ1) is 25.4. The molecule has 182 valence electrons. The van der Waals surface area contributed by atoms with Gasteiger partial charge in [-0.15, -0.1) is 0 Å². The molecule has 0 radical (unpaired) electrons. The lowest BCUT2D eigenvalue weighted by molar-refractivity contribution is -0.140. The summed E-state index contributed by atoms with van der Waals surface area (Å²) in [6.07, 6.45) is 3.26. The molecule has 3 rings (SSSR count). The van der Waals surface area contributed by atoms with Crippen LogP contribution >= 0.6 is 0 Å². The smallest absolute Gasteiger partial charge is 0.295 e. The summed E-state index contributed by atoms with van der Waals surface area (Å²) in [5.74, 6) is -0.337. The van der Waals surface area contributed by atoms with Gasteiger partial charge in [-0.05, 0) is 67.4 Å². The number of carbonyl (C=O) groups excluding carboxylic acids is 2. The highest BCUT2D eigenvalue weighted by Crippen LogP contribution is 2.39. The summed E-state index contributed by atoms with van der Waals surface area (Å²) >= 11 is 0. The van der Waals surface area contributed by atoms with Gasteiger partial charge >= 0.3 is 0 Å². The maximum Gasteiger partial charge on any atom is 0.295 e. The van der Waals surface area contributed by atoms with Gasteiger partial charge in [-0.1, -0.05) is 27.7 Å². The van der Waals surface area contributed by atoms with Crippen molar-refractivity contribution in [2.45, 2.75) is 40.7 Å². The van der Waals surface area contributed by atoms with E-state index in [1.165, 1.54) is 0 Å². The summed E-state index contributed by atoms with van der Waals surface area (Å²) in [5.41, 5.74) is 2.12. The number of aliphatic hydroxyl groups excluding tert-OH is 1. The van der Waals surface area contributed by atoms with Gasteiger partial charge in [-0.3, -0.25) is 14.6 Å². The highest BCUT2D eigenvalue weighted by Gasteiger charge is 2.46. The van der Waals surface area contributed by atoms with Crippen molar-refractivity contribution in [2.24, 2.45) is 5.92 Å². The lowest BCUT2D eigenvalue weighted by Gasteiger charge is -2.28. The zero-order chi connectivity index (χ0) is 24.8. The van der Waals surface area contributed by atoms with Gasteiger partial charge < -0.3 is 19.6 Å². The number of likely N-dealkylation sites (tertiary alicyclic amines) is 1. The quantitative estimate of drug-likeness (QED) is 0.322. The molecule has 7 heteroatoms. The van der Waals surface area contributed by atoms with Crippen molar-refractivity contribution in [2.75, 3.05) is 32.8 Å². The van der Waals surface area contributed by atoms with E-state index in [-0.39, 0.29) is 11.3 Å². The number of Topliss-reactive ketones (excluding diaryl/α,β-unsaturated/α-hetero) is 1. The molecule has 2 heterocycles. The maximum atomic E-state index is 13.2. The Balaban J connectivity index is 2.03. The molecule has 1 amide bonds. The fourth-order valence-electron chi connectivity index (χ4n) is 4.19. The average Bonchev–Trinajstić information content (AvgIpc) is 3.08. The van der Waals surface area contributed by atoms with Crippen molar-refractivity contribution in [1.82, 2.24) is 14.8 Å². The molecular formula is C27H35N3O4. The number of rotatable bonds is 10. The van der Waals surface area contributed by atoms with Crippen LogP contribution in [0.5, 0.6) is 5.75 Å². The van der Waals surface area contributed by atoms with Crippen molar-refractivity contribution in [1.29, 1.82) is 0 Å². The molecule has 1 N–H and O–H groups in total. The third-order valence-corrected chi connectivity index (χ3v) is 6.15. The van der Waals surface area contributed by atoms with Crippen LogP contribution in [0, 0.1) is 12.8 Å². The second-order valence-corrected chi connectivity index (χ2v) is 8.98. The number of aromatic nitrogens is 1. The number of pyridine rings is 1. The minimum atomic E-state index is -0.671. The highest BCUT2D eigenvalue weighted by molar-refractivity contribution is 6.46. The average molecular weight is 466 g/mol. The Morgan fingerprint density at radius 2 is 1.82 bits per heavy atom. The van der Waals surface area contributed by atoms with E-state index in [1.54, 1.807) is 41.6 Å². The SMILES string of the molecule is CCN(CC)CCN1C(=O)C(=O)/C(=C(/O)c2ccc(OCC(C)C)cc2C)[C@H]1c1ccncc1. The molecule has 0 bridgehead atoms. The Kier molecular flexibility index (Phi) is 8.45. The van der Waals surface area contributed by atoms with Gasteiger partial charge in [0, 0.05) is 31.0 Å². The van der Waals surface area contributed by atoms with Crippen molar-refractivity contribution in [3.63, 3.8) is 0 Å². The zero-order valence-electron chi connectivity index (χ0n) is 20.7. The number of likely N-dealkylation sites (N-methyl/N-ethyl adjacent to an activating group) is 1. The van der Waals surface area contributed by atoms with E-state index >= 15 is 0 Å². The van der Waals surface area contributed by atoms with Crippen LogP contribution in [0.3, 0.4) is 0 Å². The number of hydrogen-bond acceptors (Lipinski definition) is 6. The largest absolute Gasteiger partial charge is 0.507 e. The molecule has 1 aliphatic heterocycles. The number of benzene rings is 1. The number of ether oxygens (including phenoxy) is 1. The fraction of sp³-hybridized carbons (Fsp3) is 0.444. The first-order valence-electron chi connectivity index (χ1n) is 11.9. The van der Waals surface area contributed by atoms with Crippen molar-refractivity contribution in [3.05, 3.63) is 65.0 Å². The van der Waals surface area contributed by atoms with Crippen LogP contribution in [0.1, 0.15) is 50.4 Å². The number of amides is 1. The first-order valence-corrected chi connectivity index (χ1v) is 11.9. The van der Waals surface area contributed by atoms with E-state index in [9.17, 15) is 14.7 Å². The minimum Gasteiger partial charge on any atom is -0.507 e. The first-order chi connectivity index (χ1) is 16.3. The monoisotopic (exact) mass is 465 g/mol. The van der Waals surface area contributed by atoms with Gasteiger partial charge in [0.2, 0.25) is 0 Å². The molecule has 0 spiro atoms. The molecule has 1 fully saturated rings. The minimum absolute atomic E-state index is 0.106. The van der Waals surface area contributed by atoms with Gasteiger partial charge in [0.25, 0.3) is 11.7 Å². The van der Waals surface area contributed by atoms with Gasteiger partial charge in [-0.2, -0.15) is 0 Å². The van der Waals surface area contributed by atoms with Crippen molar-refractivity contribution >= 4 is 17.4 Å². The van der Waals surface area contributed by atoms with Gasteiger partial charge in [0.05, 0.1) is 18.2 Å². The second-order valence-electron chi connectivity index (χ2n) is 8.98. The normalized spacial score (nSPS) is 17.7. The van der Waals surface area contributed by atoms with Crippen LogP contribution < -0.4 is 4.74 Å². The highest BCUT2D eigenvalue weighted by atomic mass is 16.5. The molecule has 7 nitrogen and oxygen atoms in total. The molecule has 0 unspecified atom stereocenters. The predicted molar refractivity (Wildman–Crippen MR) is 133 cm³/mol. The molecule has 1 aromatic carbocycles. The van der Waals surface area contributed by atoms with Crippen LogP contribution in [-0.2, 0) is 9.59 Å². The van der Waals surface area contributed by atoms with Gasteiger partial charge in [0.15, 0.2) is 0 Å². The van der Waals surface area contributed by atoms with E-state index < -0.39 is 17.7 Å². The summed E-state index contributed by atoms with van der Waals surface area (Å²) in [6, 6.07) is 8.26. The third kappa shape index (κ3) is 5.47. The number of ketones is 1. The predicted octanol–water partition coefficient (Wildman–Crippen LogP) is 4.19. The number of aryl methyl sites for hydroxylation is 1. The molecule has 1 saturated heterocycles. The van der Waals surface area contributed by atoms with Crippen LogP contribution in [0.4, 0.5) is 0 Å². The molecule has 34 heavy (non-hydrogen) atoms. The van der Waals surface area contributed by atoms with E-state index in [1.807, 2.05) is 13.0 Å². The second kappa shape index (κ2) is 11.3. The van der Waals surface area contributed by atoms with Crippen LogP contribution in [0.2, 0.25) is 0 Å². The Morgan fingerprint density at radius 3 is 2.41 bits per heavy atom. The van der Waals surface area contributed by atoms with E-state index in [0.29, 0.717) is 36.9 Å². The van der Waals surface area contributed by atoms with Gasteiger partial charge in [-0.25, -0.2) is 0 Å². The number of nitrogens with zero attached hydrogens (tertiary/aromatic N) is 3. The maximum absolute atomic E-state index is 13.2. The molecule has 2 aromatic rings. The van der Waals surface area contributed by atoms with E-state index in [4.69, 9.17) is 4.74 Å². The lowest BCUT2D eigenvalue weighted by atomic mass is 9.94. The Hall–Kier alpha value is -3.19. The summed E-state index contributed by atoms with van der Waals surface area (Å²) < 4.78 is 5.79. The number of carbonyl (C=O) groups is 2. The van der Waals surface area contributed by atoms with Crippen LogP contribution in [0.15, 0.2) is 48.3 Å². The van der Waals surface area contributed by atoms with Crippen molar-refractivity contribution in [3.8, 4) is 5.75 Å². The summed E-state index contributed by atoms with van der Waals surface area (Å²) in [6.45, 7) is 13.5. The Morgan fingerprint density at radius 1 is 1.15 bits per heavy atom. The summed E-state index contributed by atoms with van der Waals surface area (Å²) in [5, 5.41) is 11.3. The Bertz CT molecular complexity index is 1050. The molecule has 0 aliphatic carbocycles. The zero-order valence-corrected chi connectivity index (χ0v) is 20.7. The molecule has 1 aromatic heterocycles. The summed E-state index contributed by atoms with van der Waals surface area (Å²) in [7, 11) is 0. The van der Waals surface area contributed by atoms with Gasteiger partial charge in [0.1, 0.15) is 11.5 Å². The molecule has 1 aliphatic rings. The van der Waals surface area contributed by atoms with E-state index in [2.05, 4.69) is 37.6 Å². The topological polar surface area (TPSA) is 83.0 Å². The van der Waals surface area contributed by atoms with Crippen molar-refractivity contribution < 1.29 is 19.4 Å². The van der Waals surface area contributed by atoms with Crippen LogP contribution in [0.25, 0.3) is 5.76 Å². The third-order valence-electron chi connectivity index (χ3n) is 6.15. The molecule has 0 saturated carbocycles. The summed E-state index contributed by atoms with van der Waals surface area (Å²) in [4.78, 5) is 34.1. The number of hydrogen-bond donors (Lipinski definition) is 1. The fourth-order valence-corrected chi connectivity index (χ4v) is 4.19. The molecular weight excluding hydrogens is 430 g/mol. The van der Waals surface area contributed by atoms with E-state index in [0.717, 1.165) is 24.2 Å². The molecule has 1 atom stereocenters. The van der Waals surface area contributed by atoms with Crippen LogP contribution in [-0.4, -0.2) is 64.4 Å². The Labute approximate surface area is 202 Å². The number of aliphatic hydroxyl groups is 1.